The van der Waals surface area contributed by atoms with Crippen molar-refractivity contribution in [2.45, 2.75) is 27.4 Å². The topological polar surface area (TPSA) is 107 Å². The van der Waals surface area contributed by atoms with Gasteiger partial charge in [-0.3, -0.25) is 10.3 Å². The minimum Gasteiger partial charge on any atom is -0.464 e. The van der Waals surface area contributed by atoms with Crippen molar-refractivity contribution in [1.82, 2.24) is 15.4 Å². The average Bonchev–Trinajstić information content (AvgIpc) is 2.89. The molecule has 0 aliphatic heterocycles. The van der Waals surface area contributed by atoms with Crippen LogP contribution in [-0.4, -0.2) is 50.0 Å². The maximum absolute atomic E-state index is 12.6. The number of esters is 1. The number of carbonyl (C=O) groups is 1. The number of nitrogens with one attached hydrogen (secondary N) is 1. The van der Waals surface area contributed by atoms with Gasteiger partial charge in [-0.25, -0.2) is 9.78 Å². The van der Waals surface area contributed by atoms with E-state index in [4.69, 9.17) is 19.1 Å². The highest BCUT2D eigenvalue weighted by atomic mass is 16.6. The van der Waals surface area contributed by atoms with Gasteiger partial charge in [-0.05, 0) is 44.0 Å². The predicted octanol–water partition coefficient (Wildman–Crippen LogP) is 4.48. The lowest BCUT2D eigenvalue weighted by atomic mass is 10.1. The first-order chi connectivity index (χ1) is 18.1. The van der Waals surface area contributed by atoms with E-state index in [1.165, 1.54) is 19.8 Å². The van der Waals surface area contributed by atoms with Crippen molar-refractivity contribution in [1.29, 1.82) is 0 Å². The number of rotatable bonds is 11. The van der Waals surface area contributed by atoms with Gasteiger partial charge in [0.25, 0.3) is 0 Å². The number of nitrogens with zero attached hydrogens (tertiary/aromatic N) is 4. The van der Waals surface area contributed by atoms with Gasteiger partial charge in [0.05, 0.1) is 19.4 Å². The third-order valence-corrected chi connectivity index (χ3v) is 5.51. The Bertz CT molecular complexity index is 1350. The Morgan fingerprint density at radius 3 is 2.53 bits per heavy atom. The van der Waals surface area contributed by atoms with Gasteiger partial charge in [-0.1, -0.05) is 47.6 Å². The van der Waals surface area contributed by atoms with Crippen LogP contribution in [0.15, 0.2) is 54.2 Å². The molecule has 0 bridgehead atoms. The van der Waals surface area contributed by atoms with Crippen molar-refractivity contribution in [3.63, 3.8) is 0 Å². The van der Waals surface area contributed by atoms with Crippen LogP contribution in [0.4, 0.5) is 5.82 Å². The van der Waals surface area contributed by atoms with Crippen molar-refractivity contribution in [2.75, 3.05) is 33.2 Å². The predicted molar refractivity (Wildman–Crippen MR) is 146 cm³/mol. The molecule has 0 aliphatic carbocycles. The number of methoxy groups -OCH3 is 1. The van der Waals surface area contributed by atoms with E-state index in [1.54, 1.807) is 38.1 Å². The molecule has 1 heterocycles. The fraction of sp³-hybridized carbons (Fsp3) is 0.286. The van der Waals surface area contributed by atoms with Crippen LogP contribution in [0.1, 0.15) is 33.6 Å². The molecule has 3 rings (SSSR count). The molecule has 3 aromatic rings. The van der Waals surface area contributed by atoms with Crippen LogP contribution in [0.2, 0.25) is 0 Å². The molecule has 0 atom stereocenters. The van der Waals surface area contributed by atoms with Gasteiger partial charge in [-0.15, -0.1) is 0 Å². The van der Waals surface area contributed by atoms with Gasteiger partial charge in [0.15, 0.2) is 0 Å². The monoisotopic (exact) mass is 519 g/mol. The van der Waals surface area contributed by atoms with Crippen molar-refractivity contribution in [3.05, 3.63) is 82.7 Å². The molecule has 10 nitrogen and oxygen atoms in total. The molecule has 10 heteroatoms. The lowest BCUT2D eigenvalue weighted by Gasteiger charge is -2.19. The molecule has 200 valence electrons. The second kappa shape index (κ2) is 12.7. The molecular weight excluding hydrogens is 486 g/mol. The minimum atomic E-state index is -0.723. The van der Waals surface area contributed by atoms with E-state index >= 15 is 0 Å². The fourth-order valence-corrected chi connectivity index (χ4v) is 3.58. The first-order valence-corrected chi connectivity index (χ1v) is 11.8. The molecular formula is C28H33N5O5. The van der Waals surface area contributed by atoms with Crippen LogP contribution in [0.3, 0.4) is 0 Å². The zero-order chi connectivity index (χ0) is 27.8. The zero-order valence-corrected chi connectivity index (χ0v) is 22.8. The largest absolute Gasteiger partial charge is 0.464 e. The van der Waals surface area contributed by atoms with E-state index in [0.29, 0.717) is 29.7 Å². The summed E-state index contributed by atoms with van der Waals surface area (Å²) in [5, 5.41) is 3.87. The normalized spacial score (nSPS) is 11.1. The molecule has 1 aromatic heterocycles. The molecule has 0 fully saturated rings. The molecule has 0 saturated heterocycles. The van der Waals surface area contributed by atoms with Gasteiger partial charge in [-0.2, -0.15) is 4.98 Å². The van der Waals surface area contributed by atoms with E-state index in [2.05, 4.69) is 45.4 Å². The molecule has 0 saturated carbocycles. The highest BCUT2D eigenvalue weighted by Gasteiger charge is 2.28. The van der Waals surface area contributed by atoms with E-state index in [-0.39, 0.29) is 17.2 Å². The second-order valence-corrected chi connectivity index (χ2v) is 8.71. The first kappa shape index (κ1) is 28.1. The number of ether oxygens (including phenoxy) is 2. The van der Waals surface area contributed by atoms with Gasteiger partial charge < -0.3 is 19.2 Å². The molecule has 1 N–H and O–H groups in total. The molecule has 38 heavy (non-hydrogen) atoms. The van der Waals surface area contributed by atoms with E-state index in [0.717, 1.165) is 16.7 Å². The van der Waals surface area contributed by atoms with Crippen molar-refractivity contribution in [2.24, 2.45) is 5.16 Å². The maximum atomic E-state index is 12.6. The summed E-state index contributed by atoms with van der Waals surface area (Å²) in [5.74, 6) is 0.696. The third-order valence-electron chi connectivity index (χ3n) is 5.51. The Morgan fingerprint density at radius 1 is 1.08 bits per heavy atom. The van der Waals surface area contributed by atoms with E-state index in [1.807, 2.05) is 26.0 Å². The Hall–Kier alpha value is -4.44. The van der Waals surface area contributed by atoms with Crippen molar-refractivity contribution < 1.29 is 23.9 Å². The Balaban J connectivity index is 1.87. The first-order valence-electron chi connectivity index (χ1n) is 11.8. The van der Waals surface area contributed by atoms with Crippen LogP contribution in [0.25, 0.3) is 5.70 Å². The quantitative estimate of drug-likeness (QED) is 0.223. The minimum absolute atomic E-state index is 0.115. The molecule has 0 radical (unpaired) electrons. The van der Waals surface area contributed by atoms with Gasteiger partial charge in [0.1, 0.15) is 30.1 Å². The van der Waals surface area contributed by atoms with Gasteiger partial charge >= 0.3 is 5.97 Å². The molecule has 0 aliphatic rings. The molecule has 2 aromatic carbocycles. The van der Waals surface area contributed by atoms with E-state index in [9.17, 15) is 4.79 Å². The standard InChI is InChI=1S/C28H33N5O5/c1-17-12-13-18(2)22(14-17)16-37-31-19(3)21-10-9-11-23(15-21)38-27-24(25(32-36-8)28(34)35-7)26(33(5)6)29-20(4)30-27/h9-15,31H,3,16H2,1-2,4-8H3. The Kier molecular flexibility index (Phi) is 9.39. The molecule has 0 amide bonds. The Labute approximate surface area is 222 Å². The van der Waals surface area contributed by atoms with Crippen LogP contribution >= 0.6 is 0 Å². The van der Waals surface area contributed by atoms with E-state index < -0.39 is 5.97 Å². The summed E-state index contributed by atoms with van der Waals surface area (Å²) in [4.78, 5) is 33.8. The average molecular weight is 520 g/mol. The summed E-state index contributed by atoms with van der Waals surface area (Å²) in [5.41, 5.74) is 7.70. The highest BCUT2D eigenvalue weighted by Crippen LogP contribution is 2.31. The summed E-state index contributed by atoms with van der Waals surface area (Å²) in [6.07, 6.45) is 0. The highest BCUT2D eigenvalue weighted by molar-refractivity contribution is 6.44. The van der Waals surface area contributed by atoms with Crippen LogP contribution in [0.5, 0.6) is 11.6 Å². The number of oxime groups is 1. The number of benzene rings is 2. The van der Waals surface area contributed by atoms with Crippen LogP contribution in [-0.2, 0) is 25.8 Å². The molecule has 0 spiro atoms. The lowest BCUT2D eigenvalue weighted by molar-refractivity contribution is -0.132. The zero-order valence-electron chi connectivity index (χ0n) is 22.8. The SMILES string of the molecule is C=C(NOCc1cc(C)ccc1C)c1cccc(Oc2nc(C)nc(N(C)C)c2C(=NOC)C(=O)OC)c1. The van der Waals surface area contributed by atoms with Crippen LogP contribution in [0, 0.1) is 20.8 Å². The summed E-state index contributed by atoms with van der Waals surface area (Å²) >= 11 is 0. The summed E-state index contributed by atoms with van der Waals surface area (Å²) in [7, 11) is 6.15. The van der Waals surface area contributed by atoms with Crippen LogP contribution < -0.4 is 15.1 Å². The Morgan fingerprint density at radius 2 is 1.84 bits per heavy atom. The van der Waals surface area contributed by atoms with Crippen molar-refractivity contribution in [3.8, 4) is 11.6 Å². The third kappa shape index (κ3) is 6.86. The lowest BCUT2D eigenvalue weighted by Crippen LogP contribution is -2.24. The number of aryl methyl sites for hydroxylation is 3. The fourth-order valence-electron chi connectivity index (χ4n) is 3.58. The van der Waals surface area contributed by atoms with Gasteiger partial charge in [0, 0.05) is 19.7 Å². The number of aromatic nitrogens is 2. The number of hydrogen-bond donors (Lipinski definition) is 1. The smallest absolute Gasteiger partial charge is 0.361 e. The maximum Gasteiger partial charge on any atom is 0.361 e. The van der Waals surface area contributed by atoms with Gasteiger partial charge in [0.2, 0.25) is 11.6 Å². The number of hydrogen-bond acceptors (Lipinski definition) is 10. The number of carbonyl (C=O) groups excluding carboxylic acids is 1. The second-order valence-electron chi connectivity index (χ2n) is 8.71. The molecule has 0 unspecified atom stereocenters. The number of anilines is 1. The summed E-state index contributed by atoms with van der Waals surface area (Å²) in [6, 6.07) is 13.4. The number of hydroxylamine groups is 1. The summed E-state index contributed by atoms with van der Waals surface area (Å²) < 4.78 is 11.1. The van der Waals surface area contributed by atoms with Crippen molar-refractivity contribution >= 4 is 23.2 Å². The summed E-state index contributed by atoms with van der Waals surface area (Å²) in [6.45, 7) is 10.3.